The Balaban J connectivity index is 1.66. The summed E-state index contributed by atoms with van der Waals surface area (Å²) in [5, 5.41) is 5.06. The zero-order valence-corrected chi connectivity index (χ0v) is 12.6. The molecule has 22 heavy (non-hydrogen) atoms. The Hall–Kier alpha value is -2.25. The van der Waals surface area contributed by atoms with Crippen LogP contribution in [0.1, 0.15) is 21.6 Å². The van der Waals surface area contributed by atoms with Crippen molar-refractivity contribution in [3.63, 3.8) is 0 Å². The largest absolute Gasteiger partial charge is 0.332 e. The lowest BCUT2D eigenvalue weighted by atomic mass is 10.1. The zero-order valence-electron chi connectivity index (χ0n) is 11.8. The van der Waals surface area contributed by atoms with Gasteiger partial charge in [0.2, 0.25) is 10.0 Å². The van der Waals surface area contributed by atoms with Gasteiger partial charge in [-0.1, -0.05) is 12.1 Å². The molecule has 2 aromatic rings. The van der Waals surface area contributed by atoms with E-state index in [0.717, 1.165) is 11.3 Å². The number of hydrogen-bond acceptors (Lipinski definition) is 4. The van der Waals surface area contributed by atoms with Crippen LogP contribution in [0.2, 0.25) is 0 Å². The van der Waals surface area contributed by atoms with E-state index in [2.05, 4.69) is 4.98 Å². The number of aromatic nitrogens is 1. The fourth-order valence-corrected chi connectivity index (χ4v) is 2.99. The summed E-state index contributed by atoms with van der Waals surface area (Å²) in [7, 11) is -3.67. The first-order valence-electron chi connectivity index (χ1n) is 6.80. The number of carbonyl (C=O) groups excluding carboxylic acids is 1. The molecule has 0 saturated heterocycles. The summed E-state index contributed by atoms with van der Waals surface area (Å²) in [6.45, 7) is 1.08. The van der Waals surface area contributed by atoms with E-state index in [1.54, 1.807) is 35.4 Å². The van der Waals surface area contributed by atoms with Gasteiger partial charge in [0.1, 0.15) is 0 Å². The van der Waals surface area contributed by atoms with E-state index in [1.165, 1.54) is 12.1 Å². The molecule has 0 spiro atoms. The van der Waals surface area contributed by atoms with Crippen molar-refractivity contribution in [3.05, 3.63) is 59.4 Å². The van der Waals surface area contributed by atoms with Crippen LogP contribution >= 0.6 is 0 Å². The number of rotatable bonds is 4. The summed E-state index contributed by atoms with van der Waals surface area (Å²) in [6.07, 6.45) is 2.33. The highest BCUT2D eigenvalue weighted by atomic mass is 32.2. The highest BCUT2D eigenvalue weighted by Crippen LogP contribution is 2.20. The number of primary sulfonamides is 1. The second-order valence-electron chi connectivity index (χ2n) is 5.16. The lowest BCUT2D eigenvalue weighted by Crippen LogP contribution is -2.26. The van der Waals surface area contributed by atoms with Gasteiger partial charge in [0.15, 0.2) is 0 Å². The maximum atomic E-state index is 12.2. The number of sulfonamides is 1. The second kappa shape index (κ2) is 5.51. The molecule has 2 N–H and O–H groups in total. The molecule has 2 heterocycles. The molecule has 3 rings (SSSR count). The molecule has 114 valence electrons. The van der Waals surface area contributed by atoms with Gasteiger partial charge in [-0.15, -0.1) is 0 Å². The summed E-state index contributed by atoms with van der Waals surface area (Å²) < 4.78 is 22.4. The Kier molecular flexibility index (Phi) is 3.67. The molecule has 0 fully saturated rings. The van der Waals surface area contributed by atoms with Crippen LogP contribution in [0.4, 0.5) is 0 Å². The number of benzene rings is 1. The molecular formula is C15H15N3O3S. The van der Waals surface area contributed by atoms with Crippen molar-refractivity contribution in [2.45, 2.75) is 17.9 Å². The van der Waals surface area contributed by atoms with Crippen LogP contribution in [-0.4, -0.2) is 30.8 Å². The van der Waals surface area contributed by atoms with Gasteiger partial charge in [0.25, 0.3) is 5.91 Å². The standard InChI is InChI=1S/C15H15N3O3S/c16-22(20,21)12-5-3-11(4-6-12)7-9-18-10-14-13(15(18)19)2-1-8-17-14/h1-6,8H,7,9-10H2,(H2,16,20,21). The van der Waals surface area contributed by atoms with Crippen molar-refractivity contribution in [1.82, 2.24) is 9.88 Å². The Bertz CT molecular complexity index is 816. The Morgan fingerprint density at radius 3 is 2.55 bits per heavy atom. The second-order valence-corrected chi connectivity index (χ2v) is 6.72. The van der Waals surface area contributed by atoms with Crippen molar-refractivity contribution in [2.24, 2.45) is 5.14 Å². The van der Waals surface area contributed by atoms with Gasteiger partial charge in [-0.05, 0) is 36.2 Å². The number of carbonyl (C=O) groups is 1. The first kappa shape index (κ1) is 14.7. The molecule has 1 aromatic carbocycles. The Morgan fingerprint density at radius 1 is 1.18 bits per heavy atom. The van der Waals surface area contributed by atoms with Crippen molar-refractivity contribution in [2.75, 3.05) is 6.54 Å². The molecule has 0 atom stereocenters. The van der Waals surface area contributed by atoms with Gasteiger partial charge in [0.05, 0.1) is 22.7 Å². The monoisotopic (exact) mass is 317 g/mol. The minimum Gasteiger partial charge on any atom is -0.332 e. The van der Waals surface area contributed by atoms with E-state index in [9.17, 15) is 13.2 Å². The SMILES string of the molecule is NS(=O)(=O)c1ccc(CCN2Cc3ncccc3C2=O)cc1. The van der Waals surface area contributed by atoms with E-state index < -0.39 is 10.0 Å². The number of pyridine rings is 1. The topological polar surface area (TPSA) is 93.4 Å². The summed E-state index contributed by atoms with van der Waals surface area (Å²) in [5.41, 5.74) is 2.41. The highest BCUT2D eigenvalue weighted by molar-refractivity contribution is 7.89. The molecule has 0 bridgehead atoms. The molecule has 1 amide bonds. The molecule has 6 nitrogen and oxygen atoms in total. The van der Waals surface area contributed by atoms with E-state index in [4.69, 9.17) is 5.14 Å². The third kappa shape index (κ3) is 2.86. The minimum atomic E-state index is -3.67. The van der Waals surface area contributed by atoms with Crippen molar-refractivity contribution in [1.29, 1.82) is 0 Å². The predicted octanol–water partition coefficient (Wildman–Crippen LogP) is 0.927. The number of nitrogens with zero attached hydrogens (tertiary/aromatic N) is 2. The third-order valence-electron chi connectivity index (χ3n) is 3.67. The van der Waals surface area contributed by atoms with Gasteiger partial charge in [-0.25, -0.2) is 13.6 Å². The van der Waals surface area contributed by atoms with E-state index >= 15 is 0 Å². The molecule has 0 radical (unpaired) electrons. The fraction of sp³-hybridized carbons (Fsp3) is 0.200. The molecule has 1 aliphatic rings. The number of fused-ring (bicyclic) bond motifs is 1. The van der Waals surface area contributed by atoms with E-state index in [-0.39, 0.29) is 10.8 Å². The Morgan fingerprint density at radius 2 is 1.91 bits per heavy atom. The fourth-order valence-electron chi connectivity index (χ4n) is 2.47. The minimum absolute atomic E-state index is 0.00995. The van der Waals surface area contributed by atoms with Gasteiger partial charge in [-0.3, -0.25) is 9.78 Å². The smallest absolute Gasteiger partial charge is 0.256 e. The molecule has 0 saturated carbocycles. The molecule has 0 unspecified atom stereocenters. The number of hydrogen-bond donors (Lipinski definition) is 1. The van der Waals surface area contributed by atoms with E-state index in [1.807, 2.05) is 0 Å². The summed E-state index contributed by atoms with van der Waals surface area (Å²) >= 11 is 0. The summed E-state index contributed by atoms with van der Waals surface area (Å²) in [5.74, 6) is -0.00995. The summed E-state index contributed by atoms with van der Waals surface area (Å²) in [4.78, 5) is 18.2. The first-order chi connectivity index (χ1) is 10.4. The van der Waals surface area contributed by atoms with Crippen LogP contribution in [0.25, 0.3) is 0 Å². The van der Waals surface area contributed by atoms with Crippen LogP contribution in [0, 0.1) is 0 Å². The van der Waals surface area contributed by atoms with E-state index in [0.29, 0.717) is 25.1 Å². The van der Waals surface area contributed by atoms with Crippen LogP contribution in [0.15, 0.2) is 47.5 Å². The maximum absolute atomic E-state index is 12.2. The molecule has 1 aliphatic heterocycles. The third-order valence-corrected chi connectivity index (χ3v) is 4.60. The normalized spacial score (nSPS) is 14.2. The molecule has 0 aliphatic carbocycles. The van der Waals surface area contributed by atoms with Crippen LogP contribution in [-0.2, 0) is 23.0 Å². The average molecular weight is 317 g/mol. The van der Waals surface area contributed by atoms with Crippen LogP contribution in [0.5, 0.6) is 0 Å². The van der Waals surface area contributed by atoms with Gasteiger partial charge < -0.3 is 4.90 Å². The Labute approximate surface area is 128 Å². The molecule has 7 heteroatoms. The van der Waals surface area contributed by atoms with Gasteiger partial charge in [-0.2, -0.15) is 0 Å². The maximum Gasteiger partial charge on any atom is 0.256 e. The molecule has 1 aromatic heterocycles. The zero-order chi connectivity index (χ0) is 15.7. The number of nitrogens with two attached hydrogens (primary N) is 1. The van der Waals surface area contributed by atoms with Gasteiger partial charge in [0, 0.05) is 12.7 Å². The van der Waals surface area contributed by atoms with Crippen LogP contribution in [0.3, 0.4) is 0 Å². The highest BCUT2D eigenvalue weighted by Gasteiger charge is 2.27. The van der Waals surface area contributed by atoms with Gasteiger partial charge >= 0.3 is 0 Å². The predicted molar refractivity (Wildman–Crippen MR) is 80.5 cm³/mol. The average Bonchev–Trinajstić information content (AvgIpc) is 2.82. The van der Waals surface area contributed by atoms with Crippen LogP contribution < -0.4 is 5.14 Å². The lowest BCUT2D eigenvalue weighted by molar-refractivity contribution is 0.0780. The molecular weight excluding hydrogens is 302 g/mol. The lowest BCUT2D eigenvalue weighted by Gasteiger charge is -2.15. The van der Waals surface area contributed by atoms with Crippen molar-refractivity contribution in [3.8, 4) is 0 Å². The van der Waals surface area contributed by atoms with Crippen molar-refractivity contribution < 1.29 is 13.2 Å². The number of amides is 1. The van der Waals surface area contributed by atoms with Crippen molar-refractivity contribution >= 4 is 15.9 Å². The first-order valence-corrected chi connectivity index (χ1v) is 8.35. The summed E-state index contributed by atoms with van der Waals surface area (Å²) in [6, 6.07) is 9.93. The quantitative estimate of drug-likeness (QED) is 0.907.